The smallest absolute Gasteiger partial charge is 0.265 e. The maximum Gasteiger partial charge on any atom is 0.265 e. The molecule has 3 heterocycles. The lowest BCUT2D eigenvalue weighted by Crippen LogP contribution is -2.24. The van der Waals surface area contributed by atoms with Crippen LogP contribution in [0.25, 0.3) is 38.9 Å². The van der Waals surface area contributed by atoms with Crippen LogP contribution in [0, 0.1) is 6.92 Å². The van der Waals surface area contributed by atoms with Crippen molar-refractivity contribution < 1.29 is 0 Å². The van der Waals surface area contributed by atoms with Crippen LogP contribution in [0.3, 0.4) is 0 Å². The fourth-order valence-electron chi connectivity index (χ4n) is 4.69. The third kappa shape index (κ3) is 3.87. The highest BCUT2D eigenvalue weighted by Gasteiger charge is 2.22. The lowest BCUT2D eigenvalue weighted by molar-refractivity contribution is 0.546. The Morgan fingerprint density at radius 1 is 0.794 bits per heavy atom. The molecule has 0 fully saturated rings. The Morgan fingerprint density at radius 3 is 2.21 bits per heavy atom. The van der Waals surface area contributed by atoms with E-state index in [1.54, 1.807) is 0 Å². The molecule has 0 aliphatic heterocycles. The van der Waals surface area contributed by atoms with Gasteiger partial charge in [-0.05, 0) is 49.6 Å². The van der Waals surface area contributed by atoms with Crippen molar-refractivity contribution in [3.63, 3.8) is 0 Å². The fraction of sp³-hybridized carbons (Fsp3) is 0.357. The van der Waals surface area contributed by atoms with Crippen molar-refractivity contribution in [2.45, 2.75) is 65.8 Å². The van der Waals surface area contributed by atoms with Crippen molar-refractivity contribution in [1.82, 2.24) is 24.1 Å². The first-order valence-corrected chi connectivity index (χ1v) is 12.4. The van der Waals surface area contributed by atoms with Crippen molar-refractivity contribution in [3.05, 3.63) is 70.3 Å². The molecule has 2 aromatic carbocycles. The van der Waals surface area contributed by atoms with Gasteiger partial charge in [0.1, 0.15) is 16.7 Å². The molecule has 6 heteroatoms. The summed E-state index contributed by atoms with van der Waals surface area (Å²) in [7, 11) is 0. The van der Waals surface area contributed by atoms with E-state index < -0.39 is 0 Å². The maximum atomic E-state index is 13.8. The van der Waals surface area contributed by atoms with Crippen molar-refractivity contribution in [2.24, 2.45) is 0 Å². The Balaban J connectivity index is 1.75. The Hall–Kier alpha value is -3.54. The summed E-state index contributed by atoms with van der Waals surface area (Å²) in [5, 5.41) is 0.548. The van der Waals surface area contributed by atoms with Crippen LogP contribution >= 0.6 is 0 Å². The van der Waals surface area contributed by atoms with Gasteiger partial charge < -0.3 is 0 Å². The zero-order chi connectivity index (χ0) is 23.7. The lowest BCUT2D eigenvalue weighted by atomic mass is 10.1. The number of unbranched alkanes of at least 4 members (excludes halogenated alkanes) is 4. The first-order valence-electron chi connectivity index (χ1n) is 12.4. The van der Waals surface area contributed by atoms with Crippen LogP contribution in [0.15, 0.2) is 53.3 Å². The van der Waals surface area contributed by atoms with Gasteiger partial charge in [-0.25, -0.2) is 15.0 Å². The molecule has 0 atom stereocenters. The van der Waals surface area contributed by atoms with Crippen LogP contribution in [0.5, 0.6) is 0 Å². The molecule has 0 bridgehead atoms. The topological polar surface area (TPSA) is 65.6 Å². The average Bonchev–Trinajstić information content (AvgIpc) is 3.17. The van der Waals surface area contributed by atoms with Crippen LogP contribution < -0.4 is 5.56 Å². The average molecular weight is 454 g/mol. The van der Waals surface area contributed by atoms with Gasteiger partial charge in [0.15, 0.2) is 11.3 Å². The molecule has 0 saturated heterocycles. The van der Waals surface area contributed by atoms with E-state index >= 15 is 0 Å². The van der Waals surface area contributed by atoms with Gasteiger partial charge in [-0.15, -0.1) is 0 Å². The van der Waals surface area contributed by atoms with Gasteiger partial charge in [0, 0.05) is 12.2 Å². The zero-order valence-corrected chi connectivity index (χ0v) is 20.2. The van der Waals surface area contributed by atoms with E-state index in [4.69, 9.17) is 15.0 Å². The minimum atomic E-state index is -0.0310. The van der Waals surface area contributed by atoms with Gasteiger partial charge in [0.25, 0.3) is 5.56 Å². The normalized spacial score (nSPS) is 11.7. The van der Waals surface area contributed by atoms with Crippen LogP contribution in [0.2, 0.25) is 0 Å². The molecule has 5 rings (SSSR count). The van der Waals surface area contributed by atoms with E-state index in [2.05, 4.69) is 38.1 Å². The molecule has 0 aliphatic rings. The summed E-state index contributed by atoms with van der Waals surface area (Å²) in [6, 6.07) is 16.2. The molecular formula is C28H31N5O. The molecule has 5 aromatic rings. The summed E-state index contributed by atoms with van der Waals surface area (Å²) >= 11 is 0. The van der Waals surface area contributed by atoms with E-state index in [0.29, 0.717) is 28.7 Å². The number of hydrogen-bond acceptors (Lipinski definition) is 4. The number of aryl methyl sites for hydroxylation is 2. The van der Waals surface area contributed by atoms with Crippen LogP contribution in [-0.4, -0.2) is 24.1 Å². The Bertz CT molecular complexity index is 1530. The molecule has 0 N–H and O–H groups in total. The van der Waals surface area contributed by atoms with Gasteiger partial charge in [0.05, 0.1) is 11.0 Å². The molecule has 0 saturated carbocycles. The molecule has 34 heavy (non-hydrogen) atoms. The van der Waals surface area contributed by atoms with Crippen molar-refractivity contribution in [1.29, 1.82) is 0 Å². The van der Waals surface area contributed by atoms with E-state index in [0.717, 1.165) is 41.8 Å². The molecule has 0 unspecified atom stereocenters. The monoisotopic (exact) mass is 453 g/mol. The fourth-order valence-corrected chi connectivity index (χ4v) is 4.69. The number of nitrogens with zero attached hydrogens (tertiary/aromatic N) is 5. The third-order valence-electron chi connectivity index (χ3n) is 6.64. The second-order valence-corrected chi connectivity index (χ2v) is 8.97. The maximum absolute atomic E-state index is 13.8. The number of benzene rings is 2. The van der Waals surface area contributed by atoms with Crippen LogP contribution in [0.1, 0.15) is 57.3 Å². The Labute approximate surface area is 199 Å². The van der Waals surface area contributed by atoms with Crippen LogP contribution in [-0.2, 0) is 13.0 Å². The highest BCUT2D eigenvalue weighted by Crippen LogP contribution is 2.29. The minimum absolute atomic E-state index is 0.0310. The minimum Gasteiger partial charge on any atom is -0.296 e. The number of para-hydroxylation sites is 2. The van der Waals surface area contributed by atoms with Crippen LogP contribution in [0.4, 0.5) is 0 Å². The summed E-state index contributed by atoms with van der Waals surface area (Å²) in [5.74, 6) is 0.729. The molecule has 0 radical (unpaired) electrons. The third-order valence-corrected chi connectivity index (χ3v) is 6.64. The van der Waals surface area contributed by atoms with Crippen molar-refractivity contribution in [2.75, 3.05) is 0 Å². The van der Waals surface area contributed by atoms with Gasteiger partial charge in [-0.2, -0.15) is 0 Å². The predicted molar refractivity (Wildman–Crippen MR) is 139 cm³/mol. The first-order chi connectivity index (χ1) is 16.6. The zero-order valence-electron chi connectivity index (χ0n) is 20.2. The van der Waals surface area contributed by atoms with Gasteiger partial charge >= 0.3 is 0 Å². The van der Waals surface area contributed by atoms with E-state index in [9.17, 15) is 4.79 Å². The Kier molecular flexibility index (Phi) is 6.14. The summed E-state index contributed by atoms with van der Waals surface area (Å²) in [6.07, 6.45) is 6.70. The number of rotatable bonds is 8. The summed E-state index contributed by atoms with van der Waals surface area (Å²) in [4.78, 5) is 28.6. The quantitative estimate of drug-likeness (QED) is 0.265. The Morgan fingerprint density at radius 2 is 1.50 bits per heavy atom. The summed E-state index contributed by atoms with van der Waals surface area (Å²) < 4.78 is 3.80. The summed E-state index contributed by atoms with van der Waals surface area (Å²) in [5.41, 5.74) is 5.66. The molecule has 0 amide bonds. The molecule has 174 valence electrons. The largest absolute Gasteiger partial charge is 0.296 e. The molecule has 3 aromatic heterocycles. The summed E-state index contributed by atoms with van der Waals surface area (Å²) in [6.45, 7) is 6.95. The SMILES string of the molecule is CCCCCCCn1c(C)nc2c(c1=O)c1nc3ccccc3nc1n2-c1ccc(CC)cc1. The number of hydrogen-bond donors (Lipinski definition) is 0. The van der Waals surface area contributed by atoms with E-state index in [1.165, 1.54) is 24.8 Å². The standard InChI is InChI=1S/C28H31N5O/c1-4-6-7-8-11-18-32-19(3)29-26-24(28(32)34)25-27(31-23-13-10-9-12-22(23)30-25)33(26)21-16-14-20(5-2)15-17-21/h9-10,12-17H,4-8,11,18H2,1-3H3. The molecule has 6 nitrogen and oxygen atoms in total. The molecule has 0 aliphatic carbocycles. The second kappa shape index (κ2) is 9.37. The van der Waals surface area contributed by atoms with Crippen molar-refractivity contribution in [3.8, 4) is 5.69 Å². The predicted octanol–water partition coefficient (Wildman–Crippen LogP) is 6.12. The van der Waals surface area contributed by atoms with E-state index in [1.807, 2.05) is 40.3 Å². The lowest BCUT2D eigenvalue weighted by Gasteiger charge is -2.11. The first kappa shape index (κ1) is 22.3. The van der Waals surface area contributed by atoms with Gasteiger partial charge in [-0.1, -0.05) is 63.8 Å². The molecule has 0 spiro atoms. The van der Waals surface area contributed by atoms with E-state index in [-0.39, 0.29) is 5.56 Å². The molecular weight excluding hydrogens is 422 g/mol. The highest BCUT2D eigenvalue weighted by atomic mass is 16.1. The van der Waals surface area contributed by atoms with Gasteiger partial charge in [0.2, 0.25) is 0 Å². The number of aromatic nitrogens is 5. The number of fused-ring (bicyclic) bond motifs is 4. The van der Waals surface area contributed by atoms with Gasteiger partial charge in [-0.3, -0.25) is 13.9 Å². The second-order valence-electron chi connectivity index (χ2n) is 8.97. The highest BCUT2D eigenvalue weighted by molar-refractivity contribution is 6.05. The van der Waals surface area contributed by atoms with Crippen molar-refractivity contribution >= 4 is 33.2 Å².